The van der Waals surface area contributed by atoms with Crippen molar-refractivity contribution in [1.82, 2.24) is 0 Å². The molecule has 0 radical (unpaired) electrons. The lowest BCUT2D eigenvalue weighted by Gasteiger charge is -2.34. The number of aliphatic hydroxyl groups excluding tert-OH is 1. The van der Waals surface area contributed by atoms with Crippen molar-refractivity contribution in [2.24, 2.45) is 5.92 Å². The van der Waals surface area contributed by atoms with E-state index in [0.29, 0.717) is 22.3 Å². The number of hydrogen-bond acceptors (Lipinski definition) is 5. The Morgan fingerprint density at radius 3 is 2.13 bits per heavy atom. The van der Waals surface area contributed by atoms with Gasteiger partial charge in [-0.25, -0.2) is 0 Å². The summed E-state index contributed by atoms with van der Waals surface area (Å²) in [6, 6.07) is 17.1. The largest absolute Gasteiger partial charge is 0.396 e. The van der Waals surface area contributed by atoms with Crippen molar-refractivity contribution in [3.63, 3.8) is 0 Å². The lowest BCUT2D eigenvalue weighted by molar-refractivity contribution is -0.120. The Morgan fingerprint density at radius 1 is 1.03 bits per heavy atom. The molecule has 2 fully saturated rings. The Balaban J connectivity index is 1.58. The molecule has 0 aromatic heterocycles. The van der Waals surface area contributed by atoms with E-state index in [0.717, 1.165) is 37.3 Å². The second-order valence-corrected chi connectivity index (χ2v) is 8.97. The van der Waals surface area contributed by atoms with E-state index in [2.05, 4.69) is 23.1 Å². The van der Waals surface area contributed by atoms with Gasteiger partial charge in [-0.1, -0.05) is 0 Å². The van der Waals surface area contributed by atoms with Crippen molar-refractivity contribution in [3.8, 4) is 6.07 Å². The van der Waals surface area contributed by atoms with E-state index in [1.807, 2.05) is 30.9 Å². The van der Waals surface area contributed by atoms with E-state index in [1.165, 1.54) is 0 Å². The Bertz CT molecular complexity index is 1020. The Kier molecular flexibility index (Phi) is 5.69. The predicted molar refractivity (Wildman–Crippen MR) is 126 cm³/mol. The summed E-state index contributed by atoms with van der Waals surface area (Å²) in [5.74, 6) is 0.301. The van der Waals surface area contributed by atoms with Crippen LogP contribution < -0.4 is 14.7 Å². The summed E-state index contributed by atoms with van der Waals surface area (Å²) in [6.45, 7) is 5.88. The third-order valence-electron chi connectivity index (χ3n) is 6.27. The van der Waals surface area contributed by atoms with E-state index < -0.39 is 5.54 Å². The van der Waals surface area contributed by atoms with Gasteiger partial charge in [-0.05, 0) is 93.4 Å². The SMILES string of the molecule is CC1(C)C(=O)N(c2ccc(C#N)cc2)C(=S)N1c1ccc(N2CCC(CO)CC2)cc1. The van der Waals surface area contributed by atoms with E-state index in [-0.39, 0.29) is 12.5 Å². The molecule has 6 nitrogen and oxygen atoms in total. The molecule has 2 aliphatic rings. The molecule has 0 unspecified atom stereocenters. The first-order chi connectivity index (χ1) is 14.9. The smallest absolute Gasteiger partial charge is 0.259 e. The van der Waals surface area contributed by atoms with Gasteiger partial charge in [0.25, 0.3) is 5.91 Å². The molecule has 0 spiro atoms. The van der Waals surface area contributed by atoms with Crippen molar-refractivity contribution >= 4 is 40.3 Å². The van der Waals surface area contributed by atoms with Crippen molar-refractivity contribution < 1.29 is 9.90 Å². The van der Waals surface area contributed by atoms with Crippen LogP contribution in [0.15, 0.2) is 48.5 Å². The highest BCUT2D eigenvalue weighted by Gasteiger charge is 2.50. The van der Waals surface area contributed by atoms with Gasteiger partial charge in [0.2, 0.25) is 0 Å². The number of amides is 1. The molecule has 2 aromatic carbocycles. The number of hydrogen-bond donors (Lipinski definition) is 1. The third kappa shape index (κ3) is 3.78. The van der Waals surface area contributed by atoms with Gasteiger partial charge in [0.05, 0.1) is 17.3 Å². The van der Waals surface area contributed by atoms with Crippen LogP contribution in [0.25, 0.3) is 0 Å². The molecule has 2 aliphatic heterocycles. The zero-order chi connectivity index (χ0) is 22.2. The molecule has 2 heterocycles. The molecule has 2 saturated heterocycles. The van der Waals surface area contributed by atoms with Crippen LogP contribution in [0.5, 0.6) is 0 Å². The number of nitrogens with zero attached hydrogens (tertiary/aromatic N) is 4. The minimum atomic E-state index is -0.827. The molecule has 0 aliphatic carbocycles. The van der Waals surface area contributed by atoms with Crippen LogP contribution in [0.2, 0.25) is 0 Å². The maximum absolute atomic E-state index is 13.3. The van der Waals surface area contributed by atoms with Crippen molar-refractivity contribution in [2.45, 2.75) is 32.2 Å². The normalized spacial score (nSPS) is 19.1. The van der Waals surface area contributed by atoms with E-state index in [9.17, 15) is 9.90 Å². The Hall–Kier alpha value is -2.95. The van der Waals surface area contributed by atoms with Gasteiger partial charge in [-0.3, -0.25) is 9.69 Å². The number of aliphatic hydroxyl groups is 1. The molecule has 0 saturated carbocycles. The molecule has 2 aromatic rings. The van der Waals surface area contributed by atoms with Crippen molar-refractivity contribution in [2.75, 3.05) is 34.4 Å². The summed E-state index contributed by atoms with van der Waals surface area (Å²) < 4.78 is 0. The number of piperidine rings is 1. The number of nitriles is 1. The van der Waals surface area contributed by atoms with E-state index >= 15 is 0 Å². The number of carbonyl (C=O) groups excluding carboxylic acids is 1. The number of benzene rings is 2. The molecule has 7 heteroatoms. The van der Waals surface area contributed by atoms with Gasteiger partial charge in [0.15, 0.2) is 5.11 Å². The van der Waals surface area contributed by atoms with Crippen LogP contribution in [0.1, 0.15) is 32.3 Å². The summed E-state index contributed by atoms with van der Waals surface area (Å²) in [5.41, 5.74) is 2.38. The quantitative estimate of drug-likeness (QED) is 0.740. The van der Waals surface area contributed by atoms with E-state index in [4.69, 9.17) is 17.5 Å². The molecule has 1 amide bonds. The van der Waals surface area contributed by atoms with E-state index in [1.54, 1.807) is 29.2 Å². The highest BCUT2D eigenvalue weighted by molar-refractivity contribution is 7.81. The fourth-order valence-corrected chi connectivity index (χ4v) is 4.85. The molecule has 31 heavy (non-hydrogen) atoms. The van der Waals surface area contributed by atoms with Gasteiger partial charge in [-0.2, -0.15) is 5.26 Å². The summed E-state index contributed by atoms with van der Waals surface area (Å²) in [6.07, 6.45) is 1.99. The van der Waals surface area contributed by atoms with Crippen LogP contribution in [-0.4, -0.2) is 41.4 Å². The molecule has 0 bridgehead atoms. The van der Waals surface area contributed by atoms with Crippen molar-refractivity contribution in [3.05, 3.63) is 54.1 Å². The highest BCUT2D eigenvalue weighted by atomic mass is 32.1. The Labute approximate surface area is 188 Å². The van der Waals surface area contributed by atoms with Crippen LogP contribution >= 0.6 is 12.2 Å². The van der Waals surface area contributed by atoms with Gasteiger partial charge in [-0.15, -0.1) is 0 Å². The topological polar surface area (TPSA) is 70.8 Å². The first kappa shape index (κ1) is 21.3. The fraction of sp³-hybridized carbons (Fsp3) is 0.375. The second-order valence-electron chi connectivity index (χ2n) is 8.61. The minimum absolute atomic E-state index is 0.0997. The molecular weight excluding hydrogens is 408 g/mol. The highest BCUT2D eigenvalue weighted by Crippen LogP contribution is 2.37. The fourth-order valence-electron chi connectivity index (χ4n) is 4.33. The number of rotatable bonds is 4. The van der Waals surface area contributed by atoms with Crippen LogP contribution in [-0.2, 0) is 4.79 Å². The van der Waals surface area contributed by atoms with Crippen molar-refractivity contribution in [1.29, 1.82) is 5.26 Å². The lowest BCUT2D eigenvalue weighted by Crippen LogP contribution is -2.44. The third-order valence-corrected chi connectivity index (χ3v) is 6.63. The average Bonchev–Trinajstić information content (AvgIpc) is 2.97. The van der Waals surface area contributed by atoms with Gasteiger partial charge >= 0.3 is 0 Å². The first-order valence-corrected chi connectivity index (χ1v) is 10.9. The summed E-state index contributed by atoms with van der Waals surface area (Å²) >= 11 is 5.73. The summed E-state index contributed by atoms with van der Waals surface area (Å²) in [5, 5.41) is 18.8. The average molecular weight is 435 g/mol. The molecule has 0 atom stereocenters. The minimum Gasteiger partial charge on any atom is -0.396 e. The van der Waals surface area contributed by atoms with Crippen LogP contribution in [0.4, 0.5) is 17.1 Å². The standard InChI is InChI=1S/C24H26N4O2S/c1-24(2)22(30)27(20-5-3-17(15-25)4-6-20)23(31)28(24)21-9-7-19(8-10-21)26-13-11-18(16-29)12-14-26/h3-10,18,29H,11-14,16H2,1-2H3. The van der Waals surface area contributed by atoms with Gasteiger partial charge in [0.1, 0.15) is 5.54 Å². The summed E-state index contributed by atoms with van der Waals surface area (Å²) in [7, 11) is 0. The summed E-state index contributed by atoms with van der Waals surface area (Å²) in [4.78, 5) is 19.0. The molecule has 4 rings (SSSR count). The number of anilines is 3. The van der Waals surface area contributed by atoms with Gasteiger partial charge < -0.3 is 14.9 Å². The van der Waals surface area contributed by atoms with Crippen LogP contribution in [0.3, 0.4) is 0 Å². The maximum atomic E-state index is 13.3. The zero-order valence-corrected chi connectivity index (χ0v) is 18.6. The van der Waals surface area contributed by atoms with Crippen LogP contribution in [0, 0.1) is 17.2 Å². The van der Waals surface area contributed by atoms with Gasteiger partial charge in [0, 0.05) is 31.1 Å². The monoisotopic (exact) mass is 434 g/mol. The first-order valence-electron chi connectivity index (χ1n) is 10.5. The number of carbonyl (C=O) groups is 1. The number of thiocarbonyl (C=S) groups is 1. The zero-order valence-electron chi connectivity index (χ0n) is 17.8. The molecule has 160 valence electrons. The predicted octanol–water partition coefficient (Wildman–Crippen LogP) is 3.68. The maximum Gasteiger partial charge on any atom is 0.259 e. The molecular formula is C24H26N4O2S. The Morgan fingerprint density at radius 2 is 1.58 bits per heavy atom. The lowest BCUT2D eigenvalue weighted by atomic mass is 9.97. The second kappa shape index (κ2) is 8.29. The molecule has 1 N–H and O–H groups in total.